The first-order chi connectivity index (χ1) is 13.1. The summed E-state index contributed by atoms with van der Waals surface area (Å²) in [6.45, 7) is 4.38. The van der Waals surface area contributed by atoms with Gasteiger partial charge in [-0.15, -0.1) is 0 Å². The Labute approximate surface area is 160 Å². The number of pyridine rings is 1. The first kappa shape index (κ1) is 18.9. The van der Waals surface area contributed by atoms with Crippen LogP contribution in [0.15, 0.2) is 48.7 Å². The Bertz CT molecular complexity index is 773. The molecule has 1 aromatic heterocycles. The van der Waals surface area contributed by atoms with Gasteiger partial charge in [0.25, 0.3) is 5.91 Å². The van der Waals surface area contributed by atoms with E-state index in [0.29, 0.717) is 12.1 Å². The minimum absolute atomic E-state index is 0.0876. The number of hydrogen-bond donors (Lipinski definition) is 2. The van der Waals surface area contributed by atoms with Crippen molar-refractivity contribution in [2.45, 2.75) is 38.8 Å². The van der Waals surface area contributed by atoms with E-state index in [4.69, 9.17) is 0 Å². The molecule has 1 saturated heterocycles. The number of rotatable bonds is 7. The maximum Gasteiger partial charge on any atom is 0.251 e. The van der Waals surface area contributed by atoms with Crippen LogP contribution in [0.1, 0.15) is 42.1 Å². The van der Waals surface area contributed by atoms with Gasteiger partial charge >= 0.3 is 0 Å². The summed E-state index contributed by atoms with van der Waals surface area (Å²) < 4.78 is 0. The van der Waals surface area contributed by atoms with Crippen molar-refractivity contribution >= 4 is 17.6 Å². The Morgan fingerprint density at radius 2 is 1.89 bits per heavy atom. The topological polar surface area (TPSA) is 74.3 Å². The van der Waals surface area contributed by atoms with E-state index in [0.717, 1.165) is 24.5 Å². The smallest absolute Gasteiger partial charge is 0.251 e. The monoisotopic (exact) mass is 366 g/mol. The molecule has 0 bridgehead atoms. The van der Waals surface area contributed by atoms with E-state index in [-0.39, 0.29) is 24.3 Å². The van der Waals surface area contributed by atoms with Gasteiger partial charge in [0.1, 0.15) is 5.82 Å². The van der Waals surface area contributed by atoms with Crippen molar-refractivity contribution in [3.8, 4) is 0 Å². The van der Waals surface area contributed by atoms with Gasteiger partial charge in [-0.05, 0) is 49.6 Å². The summed E-state index contributed by atoms with van der Waals surface area (Å²) in [4.78, 5) is 31.0. The SMILES string of the molecule is CC(CC(=O)NCc1ccnc(N2CCCC2)c1)NC(=O)c1ccccc1. The highest BCUT2D eigenvalue weighted by molar-refractivity contribution is 5.94. The Kier molecular flexibility index (Phi) is 6.41. The zero-order valence-electron chi connectivity index (χ0n) is 15.6. The lowest BCUT2D eigenvalue weighted by Gasteiger charge is -2.17. The van der Waals surface area contributed by atoms with Crippen LogP contribution in [0.5, 0.6) is 0 Å². The van der Waals surface area contributed by atoms with Gasteiger partial charge in [0.05, 0.1) is 0 Å². The largest absolute Gasteiger partial charge is 0.357 e. The van der Waals surface area contributed by atoms with Crippen molar-refractivity contribution in [1.29, 1.82) is 0 Å². The molecular formula is C21H26N4O2. The van der Waals surface area contributed by atoms with Gasteiger partial charge < -0.3 is 15.5 Å². The molecule has 2 amide bonds. The number of hydrogen-bond acceptors (Lipinski definition) is 4. The van der Waals surface area contributed by atoms with Gasteiger partial charge in [-0.1, -0.05) is 18.2 Å². The third-order valence-corrected chi connectivity index (χ3v) is 4.63. The summed E-state index contributed by atoms with van der Waals surface area (Å²) in [5.74, 6) is 0.721. The van der Waals surface area contributed by atoms with Crippen molar-refractivity contribution in [2.24, 2.45) is 0 Å². The Balaban J connectivity index is 1.45. The third kappa shape index (κ3) is 5.54. The van der Waals surface area contributed by atoms with Crippen LogP contribution >= 0.6 is 0 Å². The molecule has 1 fully saturated rings. The molecule has 142 valence electrons. The van der Waals surface area contributed by atoms with E-state index < -0.39 is 0 Å². The molecule has 6 nitrogen and oxygen atoms in total. The van der Waals surface area contributed by atoms with Crippen LogP contribution in [-0.2, 0) is 11.3 Å². The molecule has 2 N–H and O–H groups in total. The van der Waals surface area contributed by atoms with E-state index in [2.05, 4.69) is 20.5 Å². The van der Waals surface area contributed by atoms with Crippen LogP contribution in [0, 0.1) is 0 Å². The van der Waals surface area contributed by atoms with Gasteiger partial charge in [-0.3, -0.25) is 9.59 Å². The lowest BCUT2D eigenvalue weighted by molar-refractivity contribution is -0.121. The van der Waals surface area contributed by atoms with Crippen LogP contribution in [0.4, 0.5) is 5.82 Å². The minimum atomic E-state index is -0.240. The molecule has 0 aliphatic carbocycles. The maximum absolute atomic E-state index is 12.2. The average molecular weight is 366 g/mol. The predicted molar refractivity (Wildman–Crippen MR) is 106 cm³/mol. The Hall–Kier alpha value is -2.89. The van der Waals surface area contributed by atoms with Gasteiger partial charge in [0.2, 0.25) is 5.91 Å². The van der Waals surface area contributed by atoms with Crippen LogP contribution in [0.3, 0.4) is 0 Å². The molecule has 2 heterocycles. The minimum Gasteiger partial charge on any atom is -0.357 e. The standard InChI is InChI=1S/C21H26N4O2/c1-16(24-21(27)18-7-3-2-4-8-18)13-20(26)23-15-17-9-10-22-19(14-17)25-11-5-6-12-25/h2-4,7-10,14,16H,5-6,11-13,15H2,1H3,(H,23,26)(H,24,27). The predicted octanol–water partition coefficient (Wildman–Crippen LogP) is 2.51. The second-order valence-corrected chi connectivity index (χ2v) is 6.94. The number of amides is 2. The van der Waals surface area contributed by atoms with Gasteiger partial charge in [0.15, 0.2) is 0 Å². The summed E-state index contributed by atoms with van der Waals surface area (Å²) in [6, 6.07) is 12.7. The molecule has 1 aliphatic heterocycles. The van der Waals surface area contributed by atoms with Crippen LogP contribution < -0.4 is 15.5 Å². The first-order valence-electron chi connectivity index (χ1n) is 9.44. The quantitative estimate of drug-likeness (QED) is 0.790. The maximum atomic E-state index is 12.2. The summed E-state index contributed by atoms with van der Waals surface area (Å²) in [7, 11) is 0. The normalized spacial score (nSPS) is 14.6. The van der Waals surface area contributed by atoms with Crippen LogP contribution in [-0.4, -0.2) is 35.9 Å². The highest BCUT2D eigenvalue weighted by Crippen LogP contribution is 2.18. The molecular weight excluding hydrogens is 340 g/mol. The summed E-state index contributed by atoms with van der Waals surface area (Å²) in [5.41, 5.74) is 1.62. The molecule has 1 aliphatic rings. The zero-order chi connectivity index (χ0) is 19.1. The van der Waals surface area contributed by atoms with Crippen molar-refractivity contribution in [1.82, 2.24) is 15.6 Å². The van der Waals surface area contributed by atoms with Crippen molar-refractivity contribution in [2.75, 3.05) is 18.0 Å². The van der Waals surface area contributed by atoms with E-state index >= 15 is 0 Å². The number of carbonyl (C=O) groups excluding carboxylic acids is 2. The highest BCUT2D eigenvalue weighted by atomic mass is 16.2. The van der Waals surface area contributed by atoms with Crippen molar-refractivity contribution < 1.29 is 9.59 Å². The van der Waals surface area contributed by atoms with Gasteiger partial charge in [-0.25, -0.2) is 4.98 Å². The van der Waals surface area contributed by atoms with E-state index in [1.165, 1.54) is 12.8 Å². The lowest BCUT2D eigenvalue weighted by atomic mass is 10.1. The van der Waals surface area contributed by atoms with Crippen LogP contribution in [0.2, 0.25) is 0 Å². The van der Waals surface area contributed by atoms with Crippen molar-refractivity contribution in [3.63, 3.8) is 0 Å². The number of aromatic nitrogens is 1. The molecule has 1 aromatic carbocycles. The van der Waals surface area contributed by atoms with Crippen LogP contribution in [0.25, 0.3) is 0 Å². The fourth-order valence-corrected chi connectivity index (χ4v) is 3.19. The highest BCUT2D eigenvalue weighted by Gasteiger charge is 2.15. The molecule has 0 saturated carbocycles. The van der Waals surface area contributed by atoms with E-state index in [1.807, 2.05) is 37.3 Å². The molecule has 1 unspecified atom stereocenters. The fraction of sp³-hybridized carbons (Fsp3) is 0.381. The average Bonchev–Trinajstić information content (AvgIpc) is 3.22. The number of benzene rings is 1. The number of nitrogens with one attached hydrogen (secondary N) is 2. The first-order valence-corrected chi connectivity index (χ1v) is 9.44. The number of carbonyl (C=O) groups is 2. The van der Waals surface area contributed by atoms with E-state index in [9.17, 15) is 9.59 Å². The van der Waals surface area contributed by atoms with E-state index in [1.54, 1.807) is 18.3 Å². The summed E-state index contributed by atoms with van der Waals surface area (Å²) in [5, 5.41) is 5.78. The van der Waals surface area contributed by atoms with Gasteiger partial charge in [-0.2, -0.15) is 0 Å². The van der Waals surface area contributed by atoms with Crippen molar-refractivity contribution in [3.05, 3.63) is 59.8 Å². The summed E-state index contributed by atoms with van der Waals surface area (Å²) in [6.07, 6.45) is 4.44. The fourth-order valence-electron chi connectivity index (χ4n) is 3.19. The second kappa shape index (κ2) is 9.16. The molecule has 0 radical (unpaired) electrons. The Morgan fingerprint density at radius 3 is 2.63 bits per heavy atom. The molecule has 3 rings (SSSR count). The summed E-state index contributed by atoms with van der Waals surface area (Å²) >= 11 is 0. The third-order valence-electron chi connectivity index (χ3n) is 4.63. The number of anilines is 1. The molecule has 27 heavy (non-hydrogen) atoms. The molecule has 1 atom stereocenters. The number of nitrogens with zero attached hydrogens (tertiary/aromatic N) is 2. The molecule has 6 heteroatoms. The second-order valence-electron chi connectivity index (χ2n) is 6.94. The molecule has 0 spiro atoms. The Morgan fingerprint density at radius 1 is 1.15 bits per heavy atom. The molecule has 2 aromatic rings. The van der Waals surface area contributed by atoms with Gasteiger partial charge in [0, 0.05) is 43.9 Å². The zero-order valence-corrected chi connectivity index (χ0v) is 15.6. The lowest BCUT2D eigenvalue weighted by Crippen LogP contribution is -2.37.